The van der Waals surface area contributed by atoms with Gasteiger partial charge in [0.25, 0.3) is 0 Å². The number of fused-ring (bicyclic) bond motifs is 2. The molecule has 1 fully saturated rings. The molecule has 0 amide bonds. The van der Waals surface area contributed by atoms with Crippen LogP contribution in [0, 0.1) is 5.82 Å². The van der Waals surface area contributed by atoms with Gasteiger partial charge in [0.05, 0.1) is 17.7 Å². The van der Waals surface area contributed by atoms with Gasteiger partial charge in [0, 0.05) is 12.1 Å². The van der Waals surface area contributed by atoms with E-state index < -0.39 is 26.7 Å². The zero-order valence-corrected chi connectivity index (χ0v) is 14.8. The van der Waals surface area contributed by atoms with E-state index in [1.807, 2.05) is 24.3 Å². The zero-order valence-electron chi connectivity index (χ0n) is 14.0. The summed E-state index contributed by atoms with van der Waals surface area (Å²) in [5, 5.41) is -1.31. The third-order valence-corrected chi connectivity index (χ3v) is 6.96. The lowest BCUT2D eigenvalue weighted by atomic mass is 9.81. The average molecular weight is 373 g/mol. The van der Waals surface area contributed by atoms with Crippen LogP contribution in [0.2, 0.25) is 0 Å². The molecule has 1 aliphatic heterocycles. The average Bonchev–Trinajstić information content (AvgIpc) is 2.62. The van der Waals surface area contributed by atoms with Gasteiger partial charge in [0.2, 0.25) is 0 Å². The second-order valence-electron chi connectivity index (χ2n) is 6.49. The van der Waals surface area contributed by atoms with Gasteiger partial charge in [-0.25, -0.2) is 12.8 Å². The smallest absolute Gasteiger partial charge is 0.195 e. The number of ketones is 1. The molecule has 2 atom stereocenters. The summed E-state index contributed by atoms with van der Waals surface area (Å²) < 4.78 is 44.4. The molecule has 2 aromatic carbocycles. The molecule has 5 nitrogen and oxygen atoms in total. The Labute approximate surface area is 150 Å². The molecule has 7 heteroatoms. The molecule has 0 spiro atoms. The first kappa shape index (κ1) is 16.9. The molecule has 4 rings (SSSR count). The molecule has 2 unspecified atom stereocenters. The van der Waals surface area contributed by atoms with Gasteiger partial charge in [-0.3, -0.25) is 9.79 Å². The van der Waals surface area contributed by atoms with Crippen LogP contribution in [-0.2, 0) is 14.6 Å². The van der Waals surface area contributed by atoms with Crippen molar-refractivity contribution in [1.29, 1.82) is 0 Å². The Morgan fingerprint density at radius 2 is 1.96 bits per heavy atom. The summed E-state index contributed by atoms with van der Waals surface area (Å²) in [7, 11) is -2.41. The molecule has 0 saturated heterocycles. The van der Waals surface area contributed by atoms with Crippen LogP contribution >= 0.6 is 0 Å². The van der Waals surface area contributed by atoms with Gasteiger partial charge < -0.3 is 4.74 Å². The quantitative estimate of drug-likeness (QED) is 0.810. The molecule has 2 aromatic rings. The van der Waals surface area contributed by atoms with Crippen molar-refractivity contribution < 1.29 is 22.3 Å². The van der Waals surface area contributed by atoms with Crippen LogP contribution in [0.4, 0.5) is 10.1 Å². The molecule has 0 aromatic heterocycles. The summed E-state index contributed by atoms with van der Waals surface area (Å²) in [6.07, 6.45) is 0.459. The first-order valence-electron chi connectivity index (χ1n) is 8.17. The van der Waals surface area contributed by atoms with E-state index in [1.54, 1.807) is 7.11 Å². The van der Waals surface area contributed by atoms with Crippen LogP contribution in [0.3, 0.4) is 0 Å². The second kappa shape index (κ2) is 6.02. The predicted molar refractivity (Wildman–Crippen MR) is 94.4 cm³/mol. The highest BCUT2D eigenvalue weighted by Gasteiger charge is 2.46. The molecule has 0 bridgehead atoms. The monoisotopic (exact) mass is 373 g/mol. The van der Waals surface area contributed by atoms with E-state index in [2.05, 4.69) is 4.99 Å². The largest absolute Gasteiger partial charge is 0.497 e. The van der Waals surface area contributed by atoms with Crippen molar-refractivity contribution >= 4 is 27.0 Å². The highest BCUT2D eigenvalue weighted by atomic mass is 32.2. The van der Waals surface area contributed by atoms with Crippen molar-refractivity contribution in [3.63, 3.8) is 0 Å². The number of hydrogen-bond acceptors (Lipinski definition) is 5. The zero-order chi connectivity index (χ0) is 18.5. The van der Waals surface area contributed by atoms with Crippen LogP contribution in [0.5, 0.6) is 5.75 Å². The van der Waals surface area contributed by atoms with Gasteiger partial charge in [-0.1, -0.05) is 12.1 Å². The summed E-state index contributed by atoms with van der Waals surface area (Å²) in [6, 6.07) is 10.8. The van der Waals surface area contributed by atoms with Gasteiger partial charge >= 0.3 is 0 Å². The minimum atomic E-state index is -3.98. The number of halogens is 1. The van der Waals surface area contributed by atoms with E-state index in [-0.39, 0.29) is 22.9 Å². The number of ether oxygens (including phenoxy) is 1. The van der Waals surface area contributed by atoms with Crippen molar-refractivity contribution in [3.8, 4) is 5.75 Å². The van der Waals surface area contributed by atoms with E-state index in [9.17, 15) is 17.6 Å². The Morgan fingerprint density at radius 3 is 2.73 bits per heavy atom. The van der Waals surface area contributed by atoms with Crippen LogP contribution in [-0.4, -0.2) is 32.3 Å². The van der Waals surface area contributed by atoms with Gasteiger partial charge in [-0.2, -0.15) is 0 Å². The fourth-order valence-corrected chi connectivity index (χ4v) is 5.53. The summed E-state index contributed by atoms with van der Waals surface area (Å²) in [5.41, 5.74) is 1.42. The summed E-state index contributed by atoms with van der Waals surface area (Å²) >= 11 is 0. The minimum Gasteiger partial charge on any atom is -0.497 e. The molecule has 0 N–H and O–H groups in total. The first-order chi connectivity index (χ1) is 12.4. The van der Waals surface area contributed by atoms with Crippen molar-refractivity contribution in [3.05, 3.63) is 53.8 Å². The second-order valence-corrected chi connectivity index (χ2v) is 8.49. The number of rotatable bonds is 2. The van der Waals surface area contributed by atoms with E-state index in [0.717, 1.165) is 11.6 Å². The normalized spacial score (nSPS) is 23.6. The van der Waals surface area contributed by atoms with Crippen molar-refractivity contribution in [2.24, 2.45) is 4.99 Å². The highest BCUT2D eigenvalue weighted by Crippen LogP contribution is 2.41. The maximum Gasteiger partial charge on any atom is 0.195 e. The number of Topliss-reactive ketones (excluding diaryl/α,β-unsaturated/α-hetero) is 1. The maximum absolute atomic E-state index is 13.5. The summed E-state index contributed by atoms with van der Waals surface area (Å²) in [4.78, 5) is 16.9. The van der Waals surface area contributed by atoms with E-state index >= 15 is 0 Å². The van der Waals surface area contributed by atoms with Crippen LogP contribution in [0.25, 0.3) is 0 Å². The molecular weight excluding hydrogens is 357 g/mol. The van der Waals surface area contributed by atoms with Gasteiger partial charge in [-0.15, -0.1) is 0 Å². The third-order valence-electron chi connectivity index (χ3n) is 4.87. The fraction of sp³-hybridized carbons (Fsp3) is 0.263. The number of carbonyl (C=O) groups excluding carboxylic acids is 1. The Bertz CT molecular complexity index is 1050. The van der Waals surface area contributed by atoms with Crippen molar-refractivity contribution in [2.45, 2.75) is 28.9 Å². The number of nitrogens with zero attached hydrogens (tertiary/aromatic N) is 1. The molecule has 1 aliphatic carbocycles. The predicted octanol–water partition coefficient (Wildman–Crippen LogP) is 3.21. The summed E-state index contributed by atoms with van der Waals surface area (Å²) in [6.45, 7) is 0. The van der Waals surface area contributed by atoms with Crippen molar-refractivity contribution in [2.75, 3.05) is 7.11 Å². The van der Waals surface area contributed by atoms with Gasteiger partial charge in [-0.05, 0) is 48.2 Å². The van der Waals surface area contributed by atoms with Crippen LogP contribution < -0.4 is 4.74 Å². The first-order valence-corrected chi connectivity index (χ1v) is 9.72. The Kier molecular flexibility index (Phi) is 3.91. The Balaban J connectivity index is 1.78. The van der Waals surface area contributed by atoms with Gasteiger partial charge in [0.15, 0.2) is 20.9 Å². The molecule has 2 aliphatic rings. The lowest BCUT2D eigenvalue weighted by molar-refractivity contribution is -0.118. The van der Waals surface area contributed by atoms with E-state index in [1.165, 1.54) is 12.1 Å². The van der Waals surface area contributed by atoms with Crippen molar-refractivity contribution in [1.82, 2.24) is 0 Å². The lowest BCUT2D eigenvalue weighted by Crippen LogP contribution is -2.44. The van der Waals surface area contributed by atoms with Crippen LogP contribution in [0.15, 0.2) is 52.4 Å². The Hall–Kier alpha value is -2.54. The number of methoxy groups -OCH3 is 1. The Morgan fingerprint density at radius 1 is 1.15 bits per heavy atom. The van der Waals surface area contributed by atoms with E-state index in [4.69, 9.17) is 4.74 Å². The lowest BCUT2D eigenvalue weighted by Gasteiger charge is -2.32. The molecule has 1 heterocycles. The number of carbonyl (C=O) groups is 1. The number of aliphatic imine (C=N–C) groups is 1. The standard InChI is InChI=1S/C19H16FNO4S/c1-25-14-4-2-3-11(7-14)12-8-16-19(17(22)9-12)26(23,24)18-10-13(20)5-6-15(18)21-16/h2-7,10,12,19H,8-9H2,1H3. The summed E-state index contributed by atoms with van der Waals surface area (Å²) in [5.74, 6) is -0.554. The third kappa shape index (κ3) is 2.63. The molecule has 1 saturated carbocycles. The van der Waals surface area contributed by atoms with Gasteiger partial charge in [0.1, 0.15) is 11.6 Å². The number of hydrogen-bond donors (Lipinski definition) is 0. The fourth-order valence-electron chi connectivity index (χ4n) is 3.64. The maximum atomic E-state index is 13.5. The molecule has 134 valence electrons. The number of benzene rings is 2. The van der Waals surface area contributed by atoms with Crippen LogP contribution in [0.1, 0.15) is 24.3 Å². The molecule has 0 radical (unpaired) electrons. The minimum absolute atomic E-state index is 0.0979. The SMILES string of the molecule is COc1cccc(C2CC(=O)C3C(=Nc4ccc(F)cc4S3(=O)=O)C2)c1. The molecule has 26 heavy (non-hydrogen) atoms. The highest BCUT2D eigenvalue weighted by molar-refractivity contribution is 7.94. The molecular formula is C19H16FNO4S. The number of sulfone groups is 1. The van der Waals surface area contributed by atoms with E-state index in [0.29, 0.717) is 17.9 Å². The topological polar surface area (TPSA) is 72.8 Å².